The largest absolute Gasteiger partial charge is 0.489 e. The second-order valence-electron chi connectivity index (χ2n) is 5.70. The quantitative estimate of drug-likeness (QED) is 0.642. The lowest BCUT2D eigenvalue weighted by Crippen LogP contribution is -2.18. The van der Waals surface area contributed by atoms with E-state index in [1.807, 2.05) is 6.07 Å². The summed E-state index contributed by atoms with van der Waals surface area (Å²) in [5, 5.41) is 13.5. The Morgan fingerprint density at radius 2 is 2.00 bits per heavy atom. The maximum Gasteiger partial charge on any atom is 0.269 e. The van der Waals surface area contributed by atoms with Crippen molar-refractivity contribution in [3.8, 4) is 5.75 Å². The van der Waals surface area contributed by atoms with Crippen molar-refractivity contribution in [1.82, 2.24) is 0 Å². The number of carbonyl (C=O) groups excluding carboxylic acids is 1. The topological polar surface area (TPSA) is 90.7 Å². The van der Waals surface area contributed by atoms with Crippen LogP contribution in [0.5, 0.6) is 5.75 Å². The molecule has 0 aromatic heterocycles. The Kier molecular flexibility index (Phi) is 5.25. The fourth-order valence-corrected chi connectivity index (χ4v) is 2.58. The van der Waals surface area contributed by atoms with Crippen molar-refractivity contribution in [3.63, 3.8) is 0 Å². The van der Waals surface area contributed by atoms with Gasteiger partial charge in [-0.2, -0.15) is 0 Å². The number of benzene rings is 2. The third-order valence-electron chi connectivity index (χ3n) is 3.92. The van der Waals surface area contributed by atoms with Gasteiger partial charge in [-0.3, -0.25) is 14.9 Å². The summed E-state index contributed by atoms with van der Waals surface area (Å²) in [5.41, 5.74) is 0.820. The van der Waals surface area contributed by atoms with Gasteiger partial charge in [-0.25, -0.2) is 0 Å². The summed E-state index contributed by atoms with van der Waals surface area (Å²) in [6.45, 7) is 1.19. The van der Waals surface area contributed by atoms with Crippen molar-refractivity contribution in [2.75, 3.05) is 18.5 Å². The van der Waals surface area contributed by atoms with E-state index in [-0.39, 0.29) is 17.7 Å². The second-order valence-corrected chi connectivity index (χ2v) is 5.70. The molecule has 7 nitrogen and oxygen atoms in total. The van der Waals surface area contributed by atoms with Crippen LogP contribution in [0.15, 0.2) is 48.5 Å². The highest BCUT2D eigenvalue weighted by atomic mass is 16.6. The minimum absolute atomic E-state index is 0.0585. The van der Waals surface area contributed by atoms with Gasteiger partial charge < -0.3 is 14.8 Å². The maximum absolute atomic E-state index is 12.3. The zero-order valence-electron chi connectivity index (χ0n) is 13.5. The third-order valence-corrected chi connectivity index (χ3v) is 3.92. The van der Waals surface area contributed by atoms with Crippen molar-refractivity contribution in [2.45, 2.75) is 18.9 Å². The Labute approximate surface area is 144 Å². The number of amides is 1. The number of nitro benzene ring substituents is 1. The van der Waals surface area contributed by atoms with Gasteiger partial charge in [0.15, 0.2) is 0 Å². The molecule has 0 bridgehead atoms. The van der Waals surface area contributed by atoms with Gasteiger partial charge in [0, 0.05) is 24.3 Å². The van der Waals surface area contributed by atoms with Crippen molar-refractivity contribution >= 4 is 17.3 Å². The molecule has 1 atom stereocenters. The molecule has 0 saturated carbocycles. The first kappa shape index (κ1) is 16.9. The van der Waals surface area contributed by atoms with E-state index in [0.29, 0.717) is 23.6 Å². The SMILES string of the molecule is O=C(Nc1ccccc1OCC1CCCO1)c1ccc([N+](=O)[O-])cc1. The average Bonchev–Trinajstić information content (AvgIpc) is 3.14. The standard InChI is InChI=1S/C18H18N2O5/c21-18(13-7-9-14(10-8-13)20(22)23)19-16-5-1-2-6-17(16)25-12-15-4-3-11-24-15/h1-2,5-10,15H,3-4,11-12H2,(H,19,21). The predicted molar refractivity (Wildman–Crippen MR) is 92.0 cm³/mol. The molecule has 0 aliphatic carbocycles. The number of hydrogen-bond acceptors (Lipinski definition) is 5. The van der Waals surface area contributed by atoms with E-state index in [9.17, 15) is 14.9 Å². The van der Waals surface area contributed by atoms with Gasteiger partial charge in [-0.1, -0.05) is 12.1 Å². The van der Waals surface area contributed by atoms with Crippen LogP contribution in [0.2, 0.25) is 0 Å². The van der Waals surface area contributed by atoms with Crippen LogP contribution in [-0.4, -0.2) is 30.1 Å². The molecule has 0 spiro atoms. The van der Waals surface area contributed by atoms with E-state index < -0.39 is 4.92 Å². The molecular formula is C18H18N2O5. The fourth-order valence-electron chi connectivity index (χ4n) is 2.58. The van der Waals surface area contributed by atoms with E-state index in [0.717, 1.165) is 19.4 Å². The van der Waals surface area contributed by atoms with E-state index in [1.165, 1.54) is 24.3 Å². The van der Waals surface area contributed by atoms with Gasteiger partial charge in [0.2, 0.25) is 0 Å². The average molecular weight is 342 g/mol. The van der Waals surface area contributed by atoms with Gasteiger partial charge in [-0.05, 0) is 37.1 Å². The molecular weight excluding hydrogens is 324 g/mol. The molecule has 1 N–H and O–H groups in total. The zero-order valence-corrected chi connectivity index (χ0v) is 13.5. The summed E-state index contributed by atoms with van der Waals surface area (Å²) >= 11 is 0. The van der Waals surface area contributed by atoms with Crippen LogP contribution in [0.25, 0.3) is 0 Å². The zero-order chi connectivity index (χ0) is 17.6. The van der Waals surface area contributed by atoms with Gasteiger partial charge in [0.05, 0.1) is 16.7 Å². The van der Waals surface area contributed by atoms with Crippen molar-refractivity contribution in [1.29, 1.82) is 0 Å². The van der Waals surface area contributed by atoms with E-state index in [1.54, 1.807) is 18.2 Å². The summed E-state index contributed by atoms with van der Waals surface area (Å²) in [6.07, 6.45) is 2.09. The lowest BCUT2D eigenvalue weighted by molar-refractivity contribution is -0.384. The number of hydrogen-bond donors (Lipinski definition) is 1. The normalized spacial score (nSPS) is 16.4. The van der Waals surface area contributed by atoms with Gasteiger partial charge >= 0.3 is 0 Å². The Hall–Kier alpha value is -2.93. The minimum atomic E-state index is -0.504. The Morgan fingerprint density at radius 3 is 2.68 bits per heavy atom. The first-order valence-corrected chi connectivity index (χ1v) is 8.03. The molecule has 1 amide bonds. The molecule has 7 heteroatoms. The highest BCUT2D eigenvalue weighted by molar-refractivity contribution is 6.05. The lowest BCUT2D eigenvalue weighted by Gasteiger charge is -2.15. The highest BCUT2D eigenvalue weighted by Gasteiger charge is 2.17. The van der Waals surface area contributed by atoms with Crippen molar-refractivity contribution < 1.29 is 19.2 Å². The van der Waals surface area contributed by atoms with E-state index >= 15 is 0 Å². The number of non-ortho nitro benzene ring substituents is 1. The number of nitrogens with zero attached hydrogens (tertiary/aromatic N) is 1. The van der Waals surface area contributed by atoms with Gasteiger partial charge in [0.1, 0.15) is 12.4 Å². The predicted octanol–water partition coefficient (Wildman–Crippen LogP) is 3.40. The molecule has 1 heterocycles. The number of para-hydroxylation sites is 2. The fraction of sp³-hybridized carbons (Fsp3) is 0.278. The van der Waals surface area contributed by atoms with Crippen LogP contribution in [0.1, 0.15) is 23.2 Å². The molecule has 3 rings (SSSR count). The van der Waals surface area contributed by atoms with Crippen LogP contribution < -0.4 is 10.1 Å². The number of nitrogens with one attached hydrogen (secondary N) is 1. The molecule has 2 aromatic carbocycles. The molecule has 25 heavy (non-hydrogen) atoms. The minimum Gasteiger partial charge on any atom is -0.489 e. The summed E-state index contributed by atoms with van der Waals surface area (Å²) in [6, 6.07) is 12.6. The van der Waals surface area contributed by atoms with Crippen molar-refractivity contribution in [2.24, 2.45) is 0 Å². The number of ether oxygens (including phenoxy) is 2. The summed E-state index contributed by atoms with van der Waals surface area (Å²) in [4.78, 5) is 22.5. The summed E-state index contributed by atoms with van der Waals surface area (Å²) < 4.78 is 11.3. The van der Waals surface area contributed by atoms with Crippen LogP contribution >= 0.6 is 0 Å². The molecule has 1 fully saturated rings. The van der Waals surface area contributed by atoms with Crippen LogP contribution in [0.3, 0.4) is 0 Å². The van der Waals surface area contributed by atoms with Gasteiger partial charge in [-0.15, -0.1) is 0 Å². The first-order chi connectivity index (χ1) is 12.1. The molecule has 1 saturated heterocycles. The maximum atomic E-state index is 12.3. The van der Waals surface area contributed by atoms with E-state index in [2.05, 4.69) is 5.32 Å². The smallest absolute Gasteiger partial charge is 0.269 e. The number of anilines is 1. The molecule has 130 valence electrons. The monoisotopic (exact) mass is 342 g/mol. The summed E-state index contributed by atoms with van der Waals surface area (Å²) in [5.74, 6) is 0.205. The number of nitro groups is 1. The lowest BCUT2D eigenvalue weighted by atomic mass is 10.2. The molecule has 1 aliphatic heterocycles. The van der Waals surface area contributed by atoms with Crippen LogP contribution in [0, 0.1) is 10.1 Å². The molecule has 2 aromatic rings. The number of rotatable bonds is 6. The molecule has 1 aliphatic rings. The Bertz CT molecular complexity index is 754. The Balaban J connectivity index is 1.67. The van der Waals surface area contributed by atoms with Crippen LogP contribution in [0.4, 0.5) is 11.4 Å². The molecule has 1 unspecified atom stereocenters. The number of carbonyl (C=O) groups is 1. The molecule has 0 radical (unpaired) electrons. The van der Waals surface area contributed by atoms with Crippen molar-refractivity contribution in [3.05, 3.63) is 64.2 Å². The van der Waals surface area contributed by atoms with E-state index in [4.69, 9.17) is 9.47 Å². The van der Waals surface area contributed by atoms with Crippen LogP contribution in [-0.2, 0) is 4.74 Å². The second kappa shape index (κ2) is 7.76. The highest BCUT2D eigenvalue weighted by Crippen LogP contribution is 2.26. The third kappa shape index (κ3) is 4.33. The Morgan fingerprint density at radius 1 is 1.24 bits per heavy atom. The summed E-state index contributed by atoms with van der Waals surface area (Å²) in [7, 11) is 0. The van der Waals surface area contributed by atoms with Gasteiger partial charge in [0.25, 0.3) is 11.6 Å². The first-order valence-electron chi connectivity index (χ1n) is 8.03.